The fourth-order valence-electron chi connectivity index (χ4n) is 1.38. The van der Waals surface area contributed by atoms with Gasteiger partial charge in [-0.1, -0.05) is 30.3 Å². The molecule has 88 valence electrons. The number of methoxy groups -OCH3 is 1. The molecule has 1 rings (SSSR count). The summed E-state index contributed by atoms with van der Waals surface area (Å²) in [7, 11) is 1.47. The van der Waals surface area contributed by atoms with Crippen LogP contribution in [0.15, 0.2) is 30.3 Å². The summed E-state index contributed by atoms with van der Waals surface area (Å²) in [6.07, 6.45) is -0.582. The van der Waals surface area contributed by atoms with Crippen LogP contribution in [0.5, 0.6) is 0 Å². The van der Waals surface area contributed by atoms with E-state index < -0.39 is 17.9 Å². The number of carbonyl (C=O) groups is 1. The zero-order chi connectivity index (χ0) is 12.2. The first-order valence-electron chi connectivity index (χ1n) is 5.00. The van der Waals surface area contributed by atoms with Crippen molar-refractivity contribution in [2.24, 2.45) is 0 Å². The van der Waals surface area contributed by atoms with E-state index in [1.807, 2.05) is 6.07 Å². The molecule has 0 amide bonds. The first-order valence-corrected chi connectivity index (χ1v) is 5.00. The Kier molecular flexibility index (Phi) is 4.04. The highest BCUT2D eigenvalue weighted by molar-refractivity contribution is 5.78. The van der Waals surface area contributed by atoms with Crippen molar-refractivity contribution in [3.63, 3.8) is 0 Å². The van der Waals surface area contributed by atoms with Gasteiger partial charge in [0, 0.05) is 7.11 Å². The topological polar surface area (TPSA) is 55.8 Å². The minimum absolute atomic E-state index is 0.582. The number of rotatable bonds is 5. The smallest absolute Gasteiger partial charge is 0.340 e. The predicted octanol–water partition coefficient (Wildman–Crippen LogP) is 2.00. The molecule has 0 aliphatic carbocycles. The van der Waals surface area contributed by atoms with Gasteiger partial charge in [-0.05, 0) is 19.4 Å². The predicted molar refractivity (Wildman–Crippen MR) is 59.0 cm³/mol. The molecule has 0 spiro atoms. The molecular weight excluding hydrogens is 208 g/mol. The van der Waals surface area contributed by atoms with Gasteiger partial charge >= 0.3 is 5.97 Å². The van der Waals surface area contributed by atoms with Crippen LogP contribution in [0.1, 0.15) is 19.4 Å². The molecule has 0 bridgehead atoms. The Balaban J connectivity index is 3.02. The van der Waals surface area contributed by atoms with Crippen LogP contribution in [0.4, 0.5) is 0 Å². The Bertz CT molecular complexity index is 349. The Hall–Kier alpha value is -1.39. The van der Waals surface area contributed by atoms with Gasteiger partial charge in [-0.15, -0.1) is 0 Å². The lowest BCUT2D eigenvalue weighted by Gasteiger charge is -2.28. The van der Waals surface area contributed by atoms with E-state index in [0.717, 1.165) is 0 Å². The Morgan fingerprint density at radius 3 is 2.38 bits per heavy atom. The molecule has 1 aromatic carbocycles. The molecule has 0 aliphatic rings. The van der Waals surface area contributed by atoms with Gasteiger partial charge < -0.3 is 14.6 Å². The molecule has 1 aromatic rings. The molecule has 2 unspecified atom stereocenters. The standard InChI is InChI=1S/C12H16O4/c1-9(15-3)16-12(2,11(13)14)10-7-5-4-6-8-10/h4-9H,1-3H3,(H,13,14). The van der Waals surface area contributed by atoms with Crippen molar-refractivity contribution in [1.29, 1.82) is 0 Å². The Labute approximate surface area is 94.8 Å². The first-order chi connectivity index (χ1) is 7.50. The van der Waals surface area contributed by atoms with Gasteiger partial charge in [-0.3, -0.25) is 0 Å². The molecule has 1 N–H and O–H groups in total. The van der Waals surface area contributed by atoms with Gasteiger partial charge in [0.2, 0.25) is 0 Å². The summed E-state index contributed by atoms with van der Waals surface area (Å²) in [5.74, 6) is -1.04. The van der Waals surface area contributed by atoms with E-state index in [1.165, 1.54) is 14.0 Å². The second-order valence-electron chi connectivity index (χ2n) is 3.63. The van der Waals surface area contributed by atoms with Gasteiger partial charge in [0.05, 0.1) is 0 Å². The van der Waals surface area contributed by atoms with E-state index in [0.29, 0.717) is 5.56 Å². The van der Waals surface area contributed by atoms with Crippen molar-refractivity contribution >= 4 is 5.97 Å². The first kappa shape index (κ1) is 12.7. The SMILES string of the molecule is COC(C)OC(C)(C(=O)O)c1ccccc1. The largest absolute Gasteiger partial charge is 0.479 e. The van der Waals surface area contributed by atoms with Crippen molar-refractivity contribution in [1.82, 2.24) is 0 Å². The summed E-state index contributed by atoms with van der Waals surface area (Å²) in [6.45, 7) is 3.17. The minimum atomic E-state index is -1.39. The molecule has 4 heteroatoms. The number of hydrogen-bond donors (Lipinski definition) is 1. The number of benzene rings is 1. The maximum atomic E-state index is 11.3. The highest BCUT2D eigenvalue weighted by Gasteiger charge is 2.38. The lowest BCUT2D eigenvalue weighted by molar-refractivity contribution is -0.207. The van der Waals surface area contributed by atoms with E-state index in [1.54, 1.807) is 31.2 Å². The van der Waals surface area contributed by atoms with Crippen molar-refractivity contribution < 1.29 is 19.4 Å². The van der Waals surface area contributed by atoms with Crippen LogP contribution >= 0.6 is 0 Å². The van der Waals surface area contributed by atoms with E-state index >= 15 is 0 Å². The van der Waals surface area contributed by atoms with Crippen LogP contribution in [0.2, 0.25) is 0 Å². The van der Waals surface area contributed by atoms with Gasteiger partial charge in [0.1, 0.15) is 0 Å². The zero-order valence-corrected chi connectivity index (χ0v) is 9.64. The second kappa shape index (κ2) is 5.09. The van der Waals surface area contributed by atoms with Crippen LogP contribution in [-0.4, -0.2) is 24.5 Å². The number of aliphatic carboxylic acids is 1. The average molecular weight is 224 g/mol. The van der Waals surface area contributed by atoms with Crippen LogP contribution in [-0.2, 0) is 19.9 Å². The molecule has 0 radical (unpaired) electrons. The molecule has 0 fully saturated rings. The summed E-state index contributed by atoms with van der Waals surface area (Å²) in [4.78, 5) is 11.3. The maximum absolute atomic E-state index is 11.3. The normalized spacial score (nSPS) is 16.4. The molecular formula is C12H16O4. The van der Waals surface area contributed by atoms with Crippen LogP contribution < -0.4 is 0 Å². The number of carboxylic acids is 1. The monoisotopic (exact) mass is 224 g/mol. The fraction of sp³-hybridized carbons (Fsp3) is 0.417. The molecule has 0 aromatic heterocycles. The average Bonchev–Trinajstić information content (AvgIpc) is 2.29. The second-order valence-corrected chi connectivity index (χ2v) is 3.63. The summed E-state index contributed by atoms with van der Waals surface area (Å²) >= 11 is 0. The molecule has 0 aliphatic heterocycles. The molecule has 0 saturated heterocycles. The van der Waals surface area contributed by atoms with Crippen molar-refractivity contribution in [3.8, 4) is 0 Å². The Morgan fingerprint density at radius 1 is 1.38 bits per heavy atom. The zero-order valence-electron chi connectivity index (χ0n) is 9.64. The van der Waals surface area contributed by atoms with Crippen molar-refractivity contribution in [2.45, 2.75) is 25.7 Å². The van der Waals surface area contributed by atoms with Crippen molar-refractivity contribution in [3.05, 3.63) is 35.9 Å². The Morgan fingerprint density at radius 2 is 1.94 bits per heavy atom. The van der Waals surface area contributed by atoms with E-state index in [2.05, 4.69) is 0 Å². The van der Waals surface area contributed by atoms with Crippen LogP contribution in [0.3, 0.4) is 0 Å². The van der Waals surface area contributed by atoms with Crippen molar-refractivity contribution in [2.75, 3.05) is 7.11 Å². The van der Waals surface area contributed by atoms with E-state index in [4.69, 9.17) is 9.47 Å². The van der Waals surface area contributed by atoms with Crippen LogP contribution in [0.25, 0.3) is 0 Å². The van der Waals surface area contributed by atoms with Gasteiger partial charge in [0.25, 0.3) is 0 Å². The number of ether oxygens (including phenoxy) is 2. The maximum Gasteiger partial charge on any atom is 0.340 e. The lowest BCUT2D eigenvalue weighted by Crippen LogP contribution is -2.38. The highest BCUT2D eigenvalue weighted by atomic mass is 16.7. The number of carboxylic acid groups (broad SMARTS) is 1. The summed E-state index contributed by atoms with van der Waals surface area (Å²) in [5, 5.41) is 9.25. The molecule has 0 heterocycles. The van der Waals surface area contributed by atoms with Gasteiger partial charge in [-0.2, -0.15) is 0 Å². The molecule has 2 atom stereocenters. The van der Waals surface area contributed by atoms with E-state index in [9.17, 15) is 9.90 Å². The lowest BCUT2D eigenvalue weighted by atomic mass is 9.96. The third-order valence-electron chi connectivity index (χ3n) is 2.47. The highest BCUT2D eigenvalue weighted by Crippen LogP contribution is 2.27. The van der Waals surface area contributed by atoms with E-state index in [-0.39, 0.29) is 0 Å². The summed E-state index contributed by atoms with van der Waals surface area (Å²) < 4.78 is 10.3. The third kappa shape index (κ3) is 2.59. The van der Waals surface area contributed by atoms with Crippen LogP contribution in [0, 0.1) is 0 Å². The number of hydrogen-bond acceptors (Lipinski definition) is 3. The minimum Gasteiger partial charge on any atom is -0.479 e. The van der Waals surface area contributed by atoms with Gasteiger partial charge in [0.15, 0.2) is 11.9 Å². The molecule has 0 saturated carbocycles. The summed E-state index contributed by atoms with van der Waals surface area (Å²) in [6, 6.07) is 8.81. The quantitative estimate of drug-likeness (QED) is 0.777. The summed E-state index contributed by atoms with van der Waals surface area (Å²) in [5.41, 5.74) is -0.803. The van der Waals surface area contributed by atoms with Gasteiger partial charge in [-0.25, -0.2) is 4.79 Å². The molecule has 4 nitrogen and oxygen atoms in total. The molecule has 16 heavy (non-hydrogen) atoms. The fourth-order valence-corrected chi connectivity index (χ4v) is 1.38. The third-order valence-corrected chi connectivity index (χ3v) is 2.47.